The second kappa shape index (κ2) is 6.95. The lowest BCUT2D eigenvalue weighted by atomic mass is 9.40. The zero-order valence-corrected chi connectivity index (χ0v) is 22.5. The van der Waals surface area contributed by atoms with E-state index >= 15 is 0 Å². The zero-order chi connectivity index (χ0) is 24.7. The first-order valence-corrected chi connectivity index (χ1v) is 15.6. The third-order valence-electron chi connectivity index (χ3n) is 12.6. The Balaban J connectivity index is 1.28. The van der Waals surface area contributed by atoms with Crippen LogP contribution in [0, 0.1) is 39.9 Å². The lowest BCUT2D eigenvalue weighted by Crippen LogP contribution is -2.70. The molecule has 9 rings (SSSR count). The van der Waals surface area contributed by atoms with Gasteiger partial charge in [-0.15, -0.1) is 0 Å². The Hall–Kier alpha value is -0.990. The minimum Gasteiger partial charge on any atom is -0.359 e. The molecule has 6 nitrogen and oxygen atoms in total. The number of methoxy groups -OCH3 is 1. The van der Waals surface area contributed by atoms with E-state index in [0.717, 1.165) is 32.2 Å². The molecule has 0 N–H and O–H groups in total. The summed E-state index contributed by atoms with van der Waals surface area (Å²) in [6.45, 7) is 7.41. The highest BCUT2D eigenvalue weighted by Gasteiger charge is 2.92. The van der Waals surface area contributed by atoms with Gasteiger partial charge in [-0.1, -0.05) is 32.0 Å². The summed E-state index contributed by atoms with van der Waals surface area (Å²) < 4.78 is 47.1. The standard InChI is InChI=1S/C29H39NO5S/c1-4-30-16-26(2)12-11-23(34-17-33-3)28-21(26)15-20(24(28)30)27-13-10-18(14-22(27)28)29(25(27)35-29)36(31,32)19-8-6-5-7-9-19/h5-9,18,20-25H,4,10-17H2,1-3H3/t18-,20?,21+,22?,23-,24?,25+,26-,27-,28?,29+/m0/s1. The third kappa shape index (κ3) is 2.20. The molecule has 2 aliphatic heterocycles. The number of likely N-dealkylation sites (tertiary alicyclic amines) is 1. The summed E-state index contributed by atoms with van der Waals surface area (Å²) in [5, 5.41) is 0. The van der Waals surface area contributed by atoms with Gasteiger partial charge < -0.3 is 14.2 Å². The number of hydrogen-bond acceptors (Lipinski definition) is 6. The van der Waals surface area contributed by atoms with Crippen molar-refractivity contribution in [3.8, 4) is 0 Å². The van der Waals surface area contributed by atoms with Gasteiger partial charge in [0.1, 0.15) is 12.9 Å². The van der Waals surface area contributed by atoms with Crippen molar-refractivity contribution in [3.63, 3.8) is 0 Å². The van der Waals surface area contributed by atoms with Gasteiger partial charge >= 0.3 is 0 Å². The molecule has 0 aromatic heterocycles. The molecule has 4 unspecified atom stereocenters. The van der Waals surface area contributed by atoms with Crippen LogP contribution in [-0.2, 0) is 24.0 Å². The number of epoxide rings is 1. The third-order valence-corrected chi connectivity index (χ3v) is 15.0. The Morgan fingerprint density at radius 2 is 1.92 bits per heavy atom. The first kappa shape index (κ1) is 22.9. The number of ether oxygens (including phenoxy) is 3. The monoisotopic (exact) mass is 513 g/mol. The molecule has 0 amide bonds. The Morgan fingerprint density at radius 3 is 2.67 bits per heavy atom. The highest BCUT2D eigenvalue weighted by atomic mass is 32.2. The van der Waals surface area contributed by atoms with Crippen LogP contribution in [0.25, 0.3) is 0 Å². The van der Waals surface area contributed by atoms with E-state index in [1.807, 2.05) is 18.2 Å². The lowest BCUT2D eigenvalue weighted by molar-refractivity contribution is -0.245. The fraction of sp³-hybridized carbons (Fsp3) is 0.793. The van der Waals surface area contributed by atoms with E-state index in [-0.39, 0.29) is 29.0 Å². The quantitative estimate of drug-likeness (QED) is 0.421. The van der Waals surface area contributed by atoms with Crippen molar-refractivity contribution in [2.75, 3.05) is 27.0 Å². The second-order valence-electron chi connectivity index (χ2n) is 13.3. The van der Waals surface area contributed by atoms with Crippen molar-refractivity contribution < 1.29 is 22.6 Å². The number of nitrogens with zero attached hydrogens (tertiary/aromatic N) is 1. The van der Waals surface area contributed by atoms with Gasteiger partial charge in [0, 0.05) is 36.4 Å². The van der Waals surface area contributed by atoms with Crippen molar-refractivity contribution in [2.24, 2.45) is 39.9 Å². The molecule has 0 radical (unpaired) electrons. The molecule has 1 aromatic rings. The molecule has 196 valence electrons. The minimum atomic E-state index is -3.57. The van der Waals surface area contributed by atoms with Gasteiger partial charge in [-0.3, -0.25) is 4.90 Å². The Labute approximate surface area is 215 Å². The van der Waals surface area contributed by atoms with Crippen molar-refractivity contribution in [1.82, 2.24) is 4.90 Å². The summed E-state index contributed by atoms with van der Waals surface area (Å²) in [4.78, 5) is 2.19. The maximum absolute atomic E-state index is 14.2. The SMILES string of the molecule is CCN1C[C@]2(C)CC[C@H](OCOC)C34C1C(C[C@@H]32)[C@@]12CC[C@@H](CC41)[C@]1(S(=O)(=O)c3ccccc3)O[C@H]21. The Kier molecular flexibility index (Phi) is 4.43. The zero-order valence-electron chi connectivity index (χ0n) is 21.7. The number of piperidine rings is 1. The van der Waals surface area contributed by atoms with Crippen molar-refractivity contribution in [1.29, 1.82) is 0 Å². The summed E-state index contributed by atoms with van der Waals surface area (Å²) in [7, 11) is -1.85. The molecule has 8 aliphatic rings. The van der Waals surface area contributed by atoms with E-state index in [1.165, 1.54) is 19.4 Å². The lowest BCUT2D eigenvalue weighted by Gasteiger charge is -2.67. The van der Waals surface area contributed by atoms with Crippen LogP contribution in [0.2, 0.25) is 0 Å². The number of sulfone groups is 1. The second-order valence-corrected chi connectivity index (χ2v) is 15.4. The molecule has 11 atom stereocenters. The predicted molar refractivity (Wildman–Crippen MR) is 134 cm³/mol. The van der Waals surface area contributed by atoms with Crippen molar-refractivity contribution >= 4 is 9.84 Å². The van der Waals surface area contributed by atoms with Crippen LogP contribution in [-0.4, -0.2) is 63.5 Å². The molecule has 36 heavy (non-hydrogen) atoms. The van der Waals surface area contributed by atoms with E-state index in [0.29, 0.717) is 40.9 Å². The molecule has 6 aliphatic carbocycles. The molecule has 6 saturated carbocycles. The fourth-order valence-electron chi connectivity index (χ4n) is 11.9. The summed E-state index contributed by atoms with van der Waals surface area (Å²) in [5.41, 5.74) is 0.338. The van der Waals surface area contributed by atoms with Crippen molar-refractivity contribution in [3.05, 3.63) is 30.3 Å². The highest BCUT2D eigenvalue weighted by molar-refractivity contribution is 7.93. The van der Waals surface area contributed by atoms with E-state index in [9.17, 15) is 8.42 Å². The Morgan fingerprint density at radius 1 is 1.11 bits per heavy atom. The number of benzene rings is 1. The number of hydrogen-bond donors (Lipinski definition) is 0. The molecule has 2 heterocycles. The maximum Gasteiger partial charge on any atom is 0.210 e. The van der Waals surface area contributed by atoms with Crippen LogP contribution in [0.1, 0.15) is 52.4 Å². The number of fused-ring (bicyclic) bond motifs is 1. The Bertz CT molecular complexity index is 1210. The topological polar surface area (TPSA) is 68.4 Å². The van der Waals surface area contributed by atoms with Crippen LogP contribution >= 0.6 is 0 Å². The van der Waals surface area contributed by atoms with Crippen LogP contribution < -0.4 is 0 Å². The van der Waals surface area contributed by atoms with Crippen LogP contribution in [0.4, 0.5) is 0 Å². The van der Waals surface area contributed by atoms with E-state index < -0.39 is 14.8 Å². The van der Waals surface area contributed by atoms with Gasteiger partial charge in [0.05, 0.1) is 11.0 Å². The van der Waals surface area contributed by atoms with Crippen molar-refractivity contribution in [2.45, 2.75) is 80.5 Å². The summed E-state index contributed by atoms with van der Waals surface area (Å²) in [5.74, 6) is 1.67. The molecule has 7 heteroatoms. The summed E-state index contributed by atoms with van der Waals surface area (Å²) in [6, 6.07) is 9.54. The molecule has 8 fully saturated rings. The van der Waals surface area contributed by atoms with Crippen LogP contribution in [0.3, 0.4) is 0 Å². The van der Waals surface area contributed by atoms with Gasteiger partial charge in [0.25, 0.3) is 0 Å². The fourth-order valence-corrected chi connectivity index (χ4v) is 14.1. The van der Waals surface area contributed by atoms with Crippen LogP contribution in [0.15, 0.2) is 35.2 Å². The average molecular weight is 514 g/mol. The predicted octanol–water partition coefficient (Wildman–Crippen LogP) is 4.10. The molecule has 1 aromatic carbocycles. The van der Waals surface area contributed by atoms with Gasteiger partial charge in [-0.05, 0) is 80.4 Å². The largest absolute Gasteiger partial charge is 0.359 e. The molecular formula is C29H39NO5S. The number of rotatable bonds is 6. The van der Waals surface area contributed by atoms with E-state index in [2.05, 4.69) is 18.7 Å². The highest BCUT2D eigenvalue weighted by Crippen LogP contribution is 2.87. The van der Waals surface area contributed by atoms with Gasteiger partial charge in [-0.25, -0.2) is 8.42 Å². The van der Waals surface area contributed by atoms with Gasteiger partial charge in [0.2, 0.25) is 14.8 Å². The normalized spacial score (nSPS) is 53.8. The minimum absolute atomic E-state index is 0.0531. The van der Waals surface area contributed by atoms with Gasteiger partial charge in [-0.2, -0.15) is 0 Å². The molecular weight excluding hydrogens is 474 g/mol. The smallest absolute Gasteiger partial charge is 0.210 e. The molecule has 7 bridgehead atoms. The maximum atomic E-state index is 14.2. The first-order valence-electron chi connectivity index (χ1n) is 14.1. The molecule has 2 spiro atoms. The summed E-state index contributed by atoms with van der Waals surface area (Å²) >= 11 is 0. The first-order chi connectivity index (χ1) is 17.3. The van der Waals surface area contributed by atoms with Crippen LogP contribution in [0.5, 0.6) is 0 Å². The van der Waals surface area contributed by atoms with E-state index in [1.54, 1.807) is 19.2 Å². The average Bonchev–Trinajstić information content (AvgIpc) is 3.58. The van der Waals surface area contributed by atoms with E-state index in [4.69, 9.17) is 14.2 Å². The molecule has 2 saturated heterocycles. The summed E-state index contributed by atoms with van der Waals surface area (Å²) in [6.07, 6.45) is 6.55. The van der Waals surface area contributed by atoms with Gasteiger partial charge in [0.15, 0.2) is 0 Å².